The van der Waals surface area contributed by atoms with Crippen LogP contribution in [0.1, 0.15) is 10.8 Å². The number of nitrogens with one attached hydrogen (secondary N) is 1. The van der Waals surface area contributed by atoms with Crippen molar-refractivity contribution in [2.75, 3.05) is 20.6 Å². The number of nitrogens with zero attached hydrogens (tertiary/aromatic N) is 2. The van der Waals surface area contributed by atoms with Crippen molar-refractivity contribution < 1.29 is 14.1 Å². The number of para-hydroxylation sites is 1. The number of aromatic nitrogens is 1. The Balaban J connectivity index is 1.56. The number of furan rings is 1. The highest BCUT2D eigenvalue weighted by Gasteiger charge is 2.17. The molecule has 120 valence electrons. The SMILES string of the molecule is CN(Cc1nc2ccccc2s1)C(=O)C[NH+](C)Cc1ccco1. The molecule has 0 aliphatic rings. The summed E-state index contributed by atoms with van der Waals surface area (Å²) in [5, 5.41) is 0.964. The minimum atomic E-state index is 0.105. The molecule has 0 radical (unpaired) electrons. The summed E-state index contributed by atoms with van der Waals surface area (Å²) in [5.74, 6) is 0.998. The maximum Gasteiger partial charge on any atom is 0.277 e. The Morgan fingerprint density at radius 1 is 1.30 bits per heavy atom. The number of carbonyl (C=O) groups is 1. The summed E-state index contributed by atoms with van der Waals surface area (Å²) in [6.07, 6.45) is 1.66. The smallest absolute Gasteiger partial charge is 0.277 e. The van der Waals surface area contributed by atoms with Gasteiger partial charge in [-0.2, -0.15) is 0 Å². The molecule has 6 heteroatoms. The van der Waals surface area contributed by atoms with Crippen molar-refractivity contribution in [3.63, 3.8) is 0 Å². The minimum absolute atomic E-state index is 0.105. The molecule has 0 aliphatic carbocycles. The monoisotopic (exact) mass is 330 g/mol. The lowest BCUT2D eigenvalue weighted by Gasteiger charge is -2.18. The lowest BCUT2D eigenvalue weighted by atomic mass is 10.3. The second-order valence-electron chi connectivity index (χ2n) is 5.72. The van der Waals surface area contributed by atoms with E-state index in [4.69, 9.17) is 4.42 Å². The number of hydrogen-bond acceptors (Lipinski definition) is 4. The molecule has 5 nitrogen and oxygen atoms in total. The highest BCUT2D eigenvalue weighted by molar-refractivity contribution is 7.18. The molecule has 23 heavy (non-hydrogen) atoms. The van der Waals surface area contributed by atoms with E-state index < -0.39 is 0 Å². The number of hydrogen-bond donors (Lipinski definition) is 1. The first-order chi connectivity index (χ1) is 11.1. The molecule has 0 saturated carbocycles. The van der Waals surface area contributed by atoms with Gasteiger partial charge in [-0.15, -0.1) is 11.3 Å². The molecule has 2 aromatic heterocycles. The predicted octanol–water partition coefficient (Wildman–Crippen LogP) is 1.56. The first-order valence-corrected chi connectivity index (χ1v) is 8.35. The summed E-state index contributed by atoms with van der Waals surface area (Å²) >= 11 is 1.64. The first-order valence-electron chi connectivity index (χ1n) is 7.54. The molecule has 1 N–H and O–H groups in total. The number of amides is 1. The summed E-state index contributed by atoms with van der Waals surface area (Å²) < 4.78 is 6.48. The lowest BCUT2D eigenvalue weighted by Crippen LogP contribution is -3.08. The molecule has 0 spiro atoms. The number of fused-ring (bicyclic) bond motifs is 1. The molecule has 1 unspecified atom stereocenters. The van der Waals surface area contributed by atoms with Crippen LogP contribution in [0.15, 0.2) is 47.1 Å². The quantitative estimate of drug-likeness (QED) is 0.746. The number of rotatable bonds is 6. The van der Waals surface area contributed by atoms with Crippen LogP contribution >= 0.6 is 11.3 Å². The molecule has 3 rings (SSSR count). The number of quaternary nitrogens is 1. The van der Waals surface area contributed by atoms with Gasteiger partial charge in [-0.1, -0.05) is 12.1 Å². The molecule has 0 aliphatic heterocycles. The lowest BCUT2D eigenvalue weighted by molar-refractivity contribution is -0.886. The molecule has 1 amide bonds. The van der Waals surface area contributed by atoms with Crippen molar-refractivity contribution in [1.29, 1.82) is 0 Å². The van der Waals surface area contributed by atoms with Crippen molar-refractivity contribution in [3.8, 4) is 0 Å². The number of carbonyl (C=O) groups excluding carboxylic acids is 1. The largest absolute Gasteiger partial charge is 0.463 e. The van der Waals surface area contributed by atoms with E-state index in [0.29, 0.717) is 19.6 Å². The van der Waals surface area contributed by atoms with Crippen LogP contribution in [0.5, 0.6) is 0 Å². The maximum atomic E-state index is 12.4. The average molecular weight is 330 g/mol. The van der Waals surface area contributed by atoms with E-state index in [-0.39, 0.29) is 5.91 Å². The van der Waals surface area contributed by atoms with Crippen LogP contribution in [-0.2, 0) is 17.9 Å². The first kappa shape index (κ1) is 15.7. The van der Waals surface area contributed by atoms with E-state index in [9.17, 15) is 4.79 Å². The van der Waals surface area contributed by atoms with Crippen LogP contribution in [-0.4, -0.2) is 36.4 Å². The highest BCUT2D eigenvalue weighted by Crippen LogP contribution is 2.22. The summed E-state index contributed by atoms with van der Waals surface area (Å²) in [7, 11) is 3.82. The Kier molecular flexibility index (Phi) is 4.73. The van der Waals surface area contributed by atoms with Crippen molar-refractivity contribution in [2.45, 2.75) is 13.1 Å². The molecule has 0 bridgehead atoms. The van der Waals surface area contributed by atoms with Crippen molar-refractivity contribution in [1.82, 2.24) is 9.88 Å². The molecule has 0 saturated heterocycles. The van der Waals surface area contributed by atoms with Crippen molar-refractivity contribution >= 4 is 27.5 Å². The Labute approximate surface area is 139 Å². The van der Waals surface area contributed by atoms with Gasteiger partial charge < -0.3 is 14.2 Å². The fourth-order valence-electron chi connectivity index (χ4n) is 2.44. The van der Waals surface area contributed by atoms with Gasteiger partial charge in [0.1, 0.15) is 11.6 Å². The third kappa shape index (κ3) is 3.97. The third-order valence-corrected chi connectivity index (χ3v) is 4.67. The summed E-state index contributed by atoms with van der Waals surface area (Å²) in [6.45, 7) is 1.68. The van der Waals surface area contributed by atoms with E-state index in [1.54, 1.807) is 22.5 Å². The van der Waals surface area contributed by atoms with Crippen molar-refractivity contribution in [3.05, 3.63) is 53.4 Å². The Bertz CT molecular complexity index is 749. The van der Waals surface area contributed by atoms with E-state index in [2.05, 4.69) is 11.1 Å². The summed E-state index contributed by atoms with van der Waals surface area (Å²) in [5.41, 5.74) is 0.994. The third-order valence-electron chi connectivity index (χ3n) is 3.65. The number of likely N-dealkylation sites (N-methyl/N-ethyl adjacent to an activating group) is 2. The van der Waals surface area contributed by atoms with Gasteiger partial charge in [-0.3, -0.25) is 4.79 Å². The summed E-state index contributed by atoms with van der Waals surface area (Å²) in [4.78, 5) is 19.8. The predicted molar refractivity (Wildman–Crippen MR) is 90.3 cm³/mol. The Morgan fingerprint density at radius 2 is 2.13 bits per heavy atom. The van der Waals surface area contributed by atoms with E-state index in [0.717, 1.165) is 25.9 Å². The van der Waals surface area contributed by atoms with Gasteiger partial charge >= 0.3 is 0 Å². The highest BCUT2D eigenvalue weighted by atomic mass is 32.1. The maximum absolute atomic E-state index is 12.4. The van der Waals surface area contributed by atoms with E-state index >= 15 is 0 Å². The van der Waals surface area contributed by atoms with Gasteiger partial charge in [0, 0.05) is 7.05 Å². The second kappa shape index (κ2) is 6.93. The molecular formula is C17H20N3O2S+. The van der Waals surface area contributed by atoms with Crippen LogP contribution in [0.4, 0.5) is 0 Å². The van der Waals surface area contributed by atoms with Gasteiger partial charge in [0.15, 0.2) is 12.3 Å². The number of thiazole rings is 1. The zero-order valence-electron chi connectivity index (χ0n) is 13.3. The molecule has 0 fully saturated rings. The Hall–Kier alpha value is -2.18. The fourth-order valence-corrected chi connectivity index (χ4v) is 3.47. The standard InChI is InChI=1S/C17H19N3O2S/c1-19(10-13-6-5-9-22-13)12-17(21)20(2)11-16-18-14-7-3-4-8-15(14)23-16/h3-9H,10-12H2,1-2H3/p+1. The molecule has 1 atom stereocenters. The Morgan fingerprint density at radius 3 is 2.87 bits per heavy atom. The van der Waals surface area contributed by atoms with Gasteiger partial charge in [0.2, 0.25) is 0 Å². The van der Waals surface area contributed by atoms with Crippen LogP contribution < -0.4 is 4.90 Å². The van der Waals surface area contributed by atoms with Crippen LogP contribution in [0.25, 0.3) is 10.2 Å². The molecule has 3 aromatic rings. The average Bonchev–Trinajstić information content (AvgIpc) is 3.15. The topological polar surface area (TPSA) is 50.8 Å². The van der Waals surface area contributed by atoms with E-state index in [1.165, 1.54) is 0 Å². The van der Waals surface area contributed by atoms with Gasteiger partial charge in [-0.05, 0) is 24.3 Å². The fraction of sp³-hybridized carbons (Fsp3) is 0.294. The van der Waals surface area contributed by atoms with E-state index in [1.807, 2.05) is 44.4 Å². The molecule has 1 aromatic carbocycles. The van der Waals surface area contributed by atoms with Crippen molar-refractivity contribution in [2.24, 2.45) is 0 Å². The minimum Gasteiger partial charge on any atom is -0.463 e. The normalized spacial score (nSPS) is 12.4. The zero-order valence-corrected chi connectivity index (χ0v) is 14.1. The molecular weight excluding hydrogens is 310 g/mol. The van der Waals surface area contributed by atoms with Crippen LogP contribution in [0.3, 0.4) is 0 Å². The van der Waals surface area contributed by atoms with Gasteiger partial charge in [0.25, 0.3) is 5.91 Å². The second-order valence-corrected chi connectivity index (χ2v) is 6.83. The van der Waals surface area contributed by atoms with Crippen LogP contribution in [0, 0.1) is 0 Å². The van der Waals surface area contributed by atoms with Gasteiger partial charge in [-0.25, -0.2) is 4.98 Å². The van der Waals surface area contributed by atoms with Gasteiger partial charge in [0.05, 0.1) is 30.1 Å². The van der Waals surface area contributed by atoms with Crippen LogP contribution in [0.2, 0.25) is 0 Å². The number of benzene rings is 1. The zero-order chi connectivity index (χ0) is 16.2. The molecule has 2 heterocycles. The summed E-state index contributed by atoms with van der Waals surface area (Å²) in [6, 6.07) is 11.8.